The van der Waals surface area contributed by atoms with Crippen LogP contribution in [0.3, 0.4) is 0 Å². The summed E-state index contributed by atoms with van der Waals surface area (Å²) in [6.45, 7) is 0.283. The number of carbonyl (C=O) groups excluding carboxylic acids is 1. The molecule has 22 heavy (non-hydrogen) atoms. The molecule has 0 amide bonds. The third-order valence-corrected chi connectivity index (χ3v) is 5.87. The first-order valence-electron chi connectivity index (χ1n) is 6.99. The number of rotatable bonds is 6. The van der Waals surface area contributed by atoms with Gasteiger partial charge in [-0.3, -0.25) is 9.59 Å². The standard InChI is InChI=1S/C15H17NO5S/c16-15(14(19)20)9(6-22-8-4-2-1-3-5-8)12(18)10-11(15)13(10)21-7-17/h1-5,7,9-13,18H,6,16H2,(H,19,20)/t9-,10+,11+,12-,13+,15+/m1/s1. The average Bonchev–Trinajstić information content (AvgIpc) is 3.16. The van der Waals surface area contributed by atoms with E-state index in [0.29, 0.717) is 5.75 Å². The zero-order chi connectivity index (χ0) is 15.9. The highest BCUT2D eigenvalue weighted by atomic mass is 32.2. The van der Waals surface area contributed by atoms with Gasteiger partial charge in [0.1, 0.15) is 11.6 Å². The number of fused-ring (bicyclic) bond motifs is 1. The maximum atomic E-state index is 11.7. The Hall–Kier alpha value is -1.57. The number of thioether (sulfide) groups is 1. The van der Waals surface area contributed by atoms with Gasteiger partial charge >= 0.3 is 5.97 Å². The molecule has 2 aliphatic carbocycles. The Balaban J connectivity index is 1.76. The fourth-order valence-corrected chi connectivity index (χ4v) is 4.77. The van der Waals surface area contributed by atoms with Crippen molar-refractivity contribution < 1.29 is 24.5 Å². The third kappa shape index (κ3) is 2.20. The number of aliphatic hydroxyl groups is 1. The van der Waals surface area contributed by atoms with Crippen LogP contribution >= 0.6 is 11.8 Å². The molecule has 3 rings (SSSR count). The van der Waals surface area contributed by atoms with Crippen molar-refractivity contribution in [3.63, 3.8) is 0 Å². The van der Waals surface area contributed by atoms with Gasteiger partial charge in [-0.1, -0.05) is 18.2 Å². The first-order chi connectivity index (χ1) is 10.5. The van der Waals surface area contributed by atoms with E-state index in [-0.39, 0.29) is 12.4 Å². The predicted octanol–water partition coefficient (Wildman–Crippen LogP) is 0.339. The zero-order valence-electron chi connectivity index (χ0n) is 11.7. The predicted molar refractivity (Wildman–Crippen MR) is 79.1 cm³/mol. The Morgan fingerprint density at radius 2 is 2.09 bits per heavy atom. The summed E-state index contributed by atoms with van der Waals surface area (Å²) in [7, 11) is 0. The molecule has 1 aromatic rings. The summed E-state index contributed by atoms with van der Waals surface area (Å²) in [5.74, 6) is -2.25. The maximum Gasteiger partial charge on any atom is 0.324 e. The molecule has 2 fully saturated rings. The van der Waals surface area contributed by atoms with E-state index >= 15 is 0 Å². The maximum absolute atomic E-state index is 11.7. The lowest BCUT2D eigenvalue weighted by Crippen LogP contribution is -2.58. The lowest BCUT2D eigenvalue weighted by atomic mass is 9.83. The first-order valence-corrected chi connectivity index (χ1v) is 7.97. The number of hydrogen-bond donors (Lipinski definition) is 3. The first kappa shape index (κ1) is 15.3. The minimum Gasteiger partial charge on any atom is -0.480 e. The quantitative estimate of drug-likeness (QED) is 0.511. The van der Waals surface area contributed by atoms with Gasteiger partial charge in [-0.15, -0.1) is 11.8 Å². The smallest absolute Gasteiger partial charge is 0.324 e. The highest BCUT2D eigenvalue weighted by Crippen LogP contribution is 2.61. The molecule has 6 nitrogen and oxygen atoms in total. The van der Waals surface area contributed by atoms with Gasteiger partial charge < -0.3 is 20.7 Å². The fourth-order valence-electron chi connectivity index (χ4n) is 3.58. The van der Waals surface area contributed by atoms with E-state index in [1.165, 1.54) is 11.8 Å². The van der Waals surface area contributed by atoms with Crippen LogP contribution in [-0.2, 0) is 14.3 Å². The second-order valence-corrected chi connectivity index (χ2v) is 6.85. The molecular formula is C15H17NO5S. The van der Waals surface area contributed by atoms with Gasteiger partial charge in [-0.05, 0) is 12.1 Å². The monoisotopic (exact) mass is 323 g/mol. The van der Waals surface area contributed by atoms with Crippen molar-refractivity contribution in [2.45, 2.75) is 22.6 Å². The van der Waals surface area contributed by atoms with Crippen LogP contribution in [0.1, 0.15) is 0 Å². The van der Waals surface area contributed by atoms with E-state index in [9.17, 15) is 19.8 Å². The molecule has 0 aliphatic heterocycles. The van der Waals surface area contributed by atoms with Crippen LogP contribution in [0.4, 0.5) is 0 Å². The van der Waals surface area contributed by atoms with Crippen molar-refractivity contribution in [2.24, 2.45) is 23.5 Å². The molecule has 1 aromatic carbocycles. The molecule has 0 unspecified atom stereocenters. The second-order valence-electron chi connectivity index (χ2n) is 5.76. The summed E-state index contributed by atoms with van der Waals surface area (Å²) < 4.78 is 4.86. The highest BCUT2D eigenvalue weighted by Gasteiger charge is 2.77. The molecule has 0 bridgehead atoms. The number of ether oxygens (including phenoxy) is 1. The Morgan fingerprint density at radius 1 is 1.41 bits per heavy atom. The van der Waals surface area contributed by atoms with Crippen LogP contribution in [0, 0.1) is 17.8 Å². The largest absolute Gasteiger partial charge is 0.480 e. The molecule has 0 radical (unpaired) electrons. The van der Waals surface area contributed by atoms with Crippen LogP contribution < -0.4 is 5.73 Å². The van der Waals surface area contributed by atoms with Gasteiger partial charge in [0.25, 0.3) is 6.47 Å². The Morgan fingerprint density at radius 3 is 2.68 bits per heavy atom. The number of carbonyl (C=O) groups is 2. The van der Waals surface area contributed by atoms with E-state index in [0.717, 1.165) is 4.90 Å². The van der Waals surface area contributed by atoms with Crippen molar-refractivity contribution in [1.29, 1.82) is 0 Å². The van der Waals surface area contributed by atoms with E-state index in [1.54, 1.807) is 0 Å². The number of benzene rings is 1. The molecule has 2 aliphatic rings. The van der Waals surface area contributed by atoms with Crippen LogP contribution in [0.15, 0.2) is 35.2 Å². The molecule has 0 aromatic heterocycles. The van der Waals surface area contributed by atoms with Gasteiger partial charge in [-0.25, -0.2) is 0 Å². The summed E-state index contributed by atoms with van der Waals surface area (Å²) in [4.78, 5) is 23.1. The number of nitrogens with two attached hydrogens (primary N) is 1. The number of carboxylic acids is 1. The summed E-state index contributed by atoms with van der Waals surface area (Å²) in [5, 5.41) is 20.0. The van der Waals surface area contributed by atoms with E-state index < -0.39 is 35.6 Å². The van der Waals surface area contributed by atoms with Crippen molar-refractivity contribution in [3.05, 3.63) is 30.3 Å². The lowest BCUT2D eigenvalue weighted by Gasteiger charge is -2.32. The molecular weight excluding hydrogens is 306 g/mol. The zero-order valence-corrected chi connectivity index (χ0v) is 12.5. The van der Waals surface area contributed by atoms with Gasteiger partial charge in [-0.2, -0.15) is 0 Å². The van der Waals surface area contributed by atoms with Crippen molar-refractivity contribution in [2.75, 3.05) is 5.75 Å². The number of hydrogen-bond acceptors (Lipinski definition) is 6. The summed E-state index contributed by atoms with van der Waals surface area (Å²) in [5.41, 5.74) is 4.57. The lowest BCUT2D eigenvalue weighted by molar-refractivity contribution is -0.149. The van der Waals surface area contributed by atoms with E-state index in [2.05, 4.69) is 0 Å². The van der Waals surface area contributed by atoms with Gasteiger partial charge in [0.15, 0.2) is 0 Å². The summed E-state index contributed by atoms with van der Waals surface area (Å²) in [6.07, 6.45) is -1.47. The van der Waals surface area contributed by atoms with Crippen LogP contribution in [0.2, 0.25) is 0 Å². The van der Waals surface area contributed by atoms with Gasteiger partial charge in [0.2, 0.25) is 0 Å². The van der Waals surface area contributed by atoms with Crippen LogP contribution in [0.25, 0.3) is 0 Å². The van der Waals surface area contributed by atoms with Crippen molar-refractivity contribution in [3.8, 4) is 0 Å². The number of carboxylic acid groups (broad SMARTS) is 1. The minimum atomic E-state index is -1.57. The molecule has 6 atom stereocenters. The summed E-state index contributed by atoms with van der Waals surface area (Å²) >= 11 is 1.46. The van der Waals surface area contributed by atoms with Crippen molar-refractivity contribution >= 4 is 24.2 Å². The molecule has 4 N–H and O–H groups in total. The van der Waals surface area contributed by atoms with Crippen LogP contribution in [-0.4, -0.2) is 46.2 Å². The highest BCUT2D eigenvalue weighted by molar-refractivity contribution is 7.99. The van der Waals surface area contributed by atoms with Crippen molar-refractivity contribution in [1.82, 2.24) is 0 Å². The molecule has 0 spiro atoms. The molecule has 118 valence electrons. The fraction of sp³-hybridized carbons (Fsp3) is 0.467. The Labute approximate surface area is 131 Å². The normalized spacial score (nSPS) is 39.1. The SMILES string of the molecule is N[C@]1(C(=O)O)[C@@H]2[C@@H](OC=O)[C@@H]2[C@H](O)[C@H]1CSc1ccccc1. The molecule has 7 heteroatoms. The number of aliphatic carboxylic acids is 1. The van der Waals surface area contributed by atoms with Gasteiger partial charge in [0, 0.05) is 28.4 Å². The second kappa shape index (κ2) is 5.57. The number of aliphatic hydroxyl groups excluding tert-OH is 1. The molecule has 2 saturated carbocycles. The third-order valence-electron chi connectivity index (χ3n) is 4.73. The van der Waals surface area contributed by atoms with E-state index in [4.69, 9.17) is 10.5 Å². The van der Waals surface area contributed by atoms with E-state index in [1.807, 2.05) is 30.3 Å². The van der Waals surface area contributed by atoms with Crippen LogP contribution in [0.5, 0.6) is 0 Å². The summed E-state index contributed by atoms with van der Waals surface area (Å²) in [6, 6.07) is 9.53. The Kier molecular flexibility index (Phi) is 3.88. The molecule has 0 saturated heterocycles. The Bertz CT molecular complexity index is 583. The van der Waals surface area contributed by atoms with Gasteiger partial charge in [0.05, 0.1) is 6.10 Å². The molecule has 0 heterocycles. The average molecular weight is 323 g/mol. The topological polar surface area (TPSA) is 110 Å². The minimum absolute atomic E-state index is 0.283.